The summed E-state index contributed by atoms with van der Waals surface area (Å²) in [7, 11) is -3.49. The molecule has 0 bridgehead atoms. The Balaban J connectivity index is 0.00000261. The van der Waals surface area contributed by atoms with Crippen LogP contribution < -0.4 is 5.73 Å². The molecule has 27 heavy (non-hydrogen) atoms. The molecule has 1 amide bonds. The van der Waals surface area contributed by atoms with Crippen molar-refractivity contribution in [3.63, 3.8) is 0 Å². The summed E-state index contributed by atoms with van der Waals surface area (Å²) >= 11 is 1.09. The molecule has 1 aromatic rings. The lowest BCUT2D eigenvalue weighted by molar-refractivity contribution is 0.0666. The molecule has 0 radical (unpaired) electrons. The zero-order valence-corrected chi connectivity index (χ0v) is 18.4. The van der Waals surface area contributed by atoms with Gasteiger partial charge in [0.05, 0.1) is 4.88 Å². The van der Waals surface area contributed by atoms with E-state index >= 15 is 0 Å². The standard InChI is InChI=1S/C18H29N3O3S2.ClH/c1-13-7-10-21(11-8-13)26(23,24)17-6-5-16(25-17)18(22)20-9-3-4-15(12-20)14(2)19;/h5-6,13-15H,3-4,7-12,19H2,1-2H3;1H. The van der Waals surface area contributed by atoms with Crippen LogP contribution in [0.1, 0.15) is 49.2 Å². The van der Waals surface area contributed by atoms with Gasteiger partial charge in [0.2, 0.25) is 0 Å². The number of rotatable bonds is 4. The Bertz CT molecular complexity index is 743. The van der Waals surface area contributed by atoms with Crippen molar-refractivity contribution in [1.29, 1.82) is 0 Å². The van der Waals surface area contributed by atoms with Gasteiger partial charge in [0.25, 0.3) is 15.9 Å². The number of amides is 1. The normalized spacial score (nSPS) is 23.7. The third kappa shape index (κ3) is 5.03. The largest absolute Gasteiger partial charge is 0.338 e. The van der Waals surface area contributed by atoms with Gasteiger partial charge in [-0.3, -0.25) is 4.79 Å². The summed E-state index contributed by atoms with van der Waals surface area (Å²) in [4.78, 5) is 15.1. The Morgan fingerprint density at radius 1 is 1.22 bits per heavy atom. The molecule has 2 aliphatic rings. The summed E-state index contributed by atoms with van der Waals surface area (Å²) in [5.41, 5.74) is 6.00. The van der Waals surface area contributed by atoms with Crippen LogP contribution in [-0.4, -0.2) is 55.8 Å². The smallest absolute Gasteiger partial charge is 0.263 e. The number of hydrogen-bond donors (Lipinski definition) is 1. The Hall–Kier alpha value is -0.670. The monoisotopic (exact) mass is 435 g/mol. The molecule has 3 rings (SSSR count). The van der Waals surface area contributed by atoms with Crippen LogP contribution in [0.3, 0.4) is 0 Å². The number of piperidine rings is 2. The average Bonchev–Trinajstić information content (AvgIpc) is 3.12. The first-order valence-corrected chi connectivity index (χ1v) is 11.7. The van der Waals surface area contributed by atoms with Crippen LogP contribution in [-0.2, 0) is 10.0 Å². The molecule has 9 heteroatoms. The molecule has 1 aromatic heterocycles. The van der Waals surface area contributed by atoms with E-state index in [0.29, 0.717) is 42.9 Å². The molecule has 0 aliphatic carbocycles. The molecule has 2 fully saturated rings. The number of nitrogens with two attached hydrogens (primary N) is 1. The predicted octanol–water partition coefficient (Wildman–Crippen LogP) is 2.79. The topological polar surface area (TPSA) is 83.7 Å². The number of hydrogen-bond acceptors (Lipinski definition) is 5. The van der Waals surface area contributed by atoms with Crippen molar-refractivity contribution >= 4 is 39.7 Å². The molecular formula is C18H30ClN3O3S2. The lowest BCUT2D eigenvalue weighted by atomic mass is 9.92. The van der Waals surface area contributed by atoms with Crippen LogP contribution in [0.15, 0.2) is 16.3 Å². The molecule has 2 atom stereocenters. The lowest BCUT2D eigenvalue weighted by Gasteiger charge is -2.34. The van der Waals surface area contributed by atoms with Crippen molar-refractivity contribution in [2.45, 2.75) is 49.8 Å². The second-order valence-electron chi connectivity index (χ2n) is 7.72. The lowest BCUT2D eigenvalue weighted by Crippen LogP contribution is -2.44. The molecule has 0 spiro atoms. The van der Waals surface area contributed by atoms with Crippen molar-refractivity contribution in [2.24, 2.45) is 17.6 Å². The summed E-state index contributed by atoms with van der Waals surface area (Å²) in [5, 5.41) is 0. The van der Waals surface area contributed by atoms with Crippen molar-refractivity contribution in [2.75, 3.05) is 26.2 Å². The third-order valence-corrected chi connectivity index (χ3v) is 9.06. The number of carbonyl (C=O) groups is 1. The summed E-state index contributed by atoms with van der Waals surface area (Å²) in [5.74, 6) is 0.805. The van der Waals surface area contributed by atoms with Crippen LogP contribution in [0, 0.1) is 11.8 Å². The van der Waals surface area contributed by atoms with E-state index in [2.05, 4.69) is 6.92 Å². The van der Waals surface area contributed by atoms with E-state index in [9.17, 15) is 13.2 Å². The van der Waals surface area contributed by atoms with E-state index in [-0.39, 0.29) is 28.6 Å². The van der Waals surface area contributed by atoms with Crippen molar-refractivity contribution < 1.29 is 13.2 Å². The van der Waals surface area contributed by atoms with Gasteiger partial charge < -0.3 is 10.6 Å². The molecule has 2 aliphatic heterocycles. The number of thiophene rings is 1. The fourth-order valence-corrected chi connectivity index (χ4v) is 6.60. The minimum atomic E-state index is -3.49. The highest BCUT2D eigenvalue weighted by Gasteiger charge is 2.31. The van der Waals surface area contributed by atoms with Crippen LogP contribution in [0.5, 0.6) is 0 Å². The minimum Gasteiger partial charge on any atom is -0.338 e. The van der Waals surface area contributed by atoms with Gasteiger partial charge in [-0.25, -0.2) is 8.42 Å². The number of nitrogens with zero attached hydrogens (tertiary/aromatic N) is 2. The molecule has 6 nitrogen and oxygen atoms in total. The number of sulfonamides is 1. The molecule has 0 aromatic carbocycles. The molecule has 0 saturated carbocycles. The van der Waals surface area contributed by atoms with E-state index in [4.69, 9.17) is 5.73 Å². The first-order valence-electron chi connectivity index (χ1n) is 9.44. The number of carbonyl (C=O) groups excluding carboxylic acids is 1. The van der Waals surface area contributed by atoms with Crippen molar-refractivity contribution in [3.8, 4) is 0 Å². The SMILES string of the molecule is CC1CCN(S(=O)(=O)c2ccc(C(=O)N3CCCC(C(C)N)C3)s2)CC1.Cl. The summed E-state index contributed by atoms with van der Waals surface area (Å²) < 4.78 is 27.5. The van der Waals surface area contributed by atoms with Gasteiger partial charge in [-0.1, -0.05) is 6.92 Å². The van der Waals surface area contributed by atoms with Crippen LogP contribution in [0.25, 0.3) is 0 Å². The molecule has 2 saturated heterocycles. The van der Waals surface area contributed by atoms with Gasteiger partial charge in [-0.05, 0) is 56.6 Å². The fourth-order valence-electron chi connectivity index (χ4n) is 3.71. The van der Waals surface area contributed by atoms with E-state index < -0.39 is 10.0 Å². The van der Waals surface area contributed by atoms with E-state index in [1.165, 1.54) is 0 Å². The first-order chi connectivity index (χ1) is 12.3. The van der Waals surface area contributed by atoms with Gasteiger partial charge in [0.15, 0.2) is 0 Å². The second kappa shape index (κ2) is 9.22. The Kier molecular flexibility index (Phi) is 7.72. The third-order valence-electron chi connectivity index (χ3n) is 5.62. The van der Waals surface area contributed by atoms with E-state index in [1.54, 1.807) is 16.4 Å². The molecule has 2 N–H and O–H groups in total. The Labute approximate surface area is 172 Å². The molecule has 154 valence electrons. The minimum absolute atomic E-state index is 0. The molecule has 2 unspecified atom stereocenters. The summed E-state index contributed by atoms with van der Waals surface area (Å²) in [6.45, 7) is 6.63. The summed E-state index contributed by atoms with van der Waals surface area (Å²) in [6.07, 6.45) is 3.77. The zero-order chi connectivity index (χ0) is 18.9. The Morgan fingerprint density at radius 3 is 2.52 bits per heavy atom. The van der Waals surface area contributed by atoms with E-state index in [0.717, 1.165) is 37.0 Å². The Morgan fingerprint density at radius 2 is 1.89 bits per heavy atom. The van der Waals surface area contributed by atoms with Gasteiger partial charge in [-0.2, -0.15) is 4.31 Å². The van der Waals surface area contributed by atoms with Gasteiger partial charge in [0.1, 0.15) is 4.21 Å². The van der Waals surface area contributed by atoms with Crippen LogP contribution >= 0.6 is 23.7 Å². The molecular weight excluding hydrogens is 406 g/mol. The number of halogens is 1. The van der Waals surface area contributed by atoms with Crippen molar-refractivity contribution in [3.05, 3.63) is 17.0 Å². The van der Waals surface area contributed by atoms with Crippen molar-refractivity contribution in [1.82, 2.24) is 9.21 Å². The maximum atomic E-state index is 12.8. The van der Waals surface area contributed by atoms with E-state index in [1.807, 2.05) is 11.8 Å². The first kappa shape index (κ1) is 22.6. The highest BCUT2D eigenvalue weighted by atomic mass is 35.5. The van der Waals surface area contributed by atoms with Gasteiger partial charge >= 0.3 is 0 Å². The van der Waals surface area contributed by atoms with Gasteiger partial charge in [-0.15, -0.1) is 23.7 Å². The summed E-state index contributed by atoms with van der Waals surface area (Å²) in [6, 6.07) is 3.30. The quantitative estimate of drug-likeness (QED) is 0.788. The van der Waals surface area contributed by atoms with Crippen LogP contribution in [0.4, 0.5) is 0 Å². The van der Waals surface area contributed by atoms with Gasteiger partial charge in [0, 0.05) is 32.2 Å². The highest BCUT2D eigenvalue weighted by molar-refractivity contribution is 7.91. The number of likely N-dealkylation sites (tertiary alicyclic amines) is 1. The van der Waals surface area contributed by atoms with Crippen LogP contribution in [0.2, 0.25) is 0 Å². The maximum absolute atomic E-state index is 12.8. The fraction of sp³-hybridized carbons (Fsp3) is 0.722. The average molecular weight is 436 g/mol. The highest BCUT2D eigenvalue weighted by Crippen LogP contribution is 2.30. The zero-order valence-electron chi connectivity index (χ0n) is 16.0. The molecule has 3 heterocycles. The predicted molar refractivity (Wildman–Crippen MR) is 111 cm³/mol. The second-order valence-corrected chi connectivity index (χ2v) is 11.0. The maximum Gasteiger partial charge on any atom is 0.263 e.